The molecular formula is C8H19NO16S3. The van der Waals surface area contributed by atoms with Gasteiger partial charge in [-0.05, 0) is 0 Å². The van der Waals surface area contributed by atoms with Gasteiger partial charge in [-0.3, -0.25) is 13.7 Å². The maximum atomic E-state index is 10.9. The Morgan fingerprint density at radius 1 is 0.929 bits per heavy atom. The van der Waals surface area contributed by atoms with Crippen LogP contribution in [-0.2, 0) is 48.9 Å². The lowest BCUT2D eigenvalue weighted by Crippen LogP contribution is -2.56. The van der Waals surface area contributed by atoms with Crippen molar-refractivity contribution in [1.82, 2.24) is 4.72 Å². The van der Waals surface area contributed by atoms with Gasteiger partial charge in [0, 0.05) is 13.5 Å². The monoisotopic (exact) mass is 481 g/mol. The Morgan fingerprint density at radius 2 is 1.46 bits per heavy atom. The topological polar surface area (TPSA) is 273 Å². The highest BCUT2D eigenvalue weighted by Gasteiger charge is 2.38. The molecule has 0 radical (unpaired) electrons. The Kier molecular flexibility index (Phi) is 10.7. The zero-order chi connectivity index (χ0) is 22.3. The number of methoxy groups -OCH3 is 1. The van der Waals surface area contributed by atoms with E-state index in [0.29, 0.717) is 0 Å². The van der Waals surface area contributed by atoms with Crippen molar-refractivity contribution in [2.75, 3.05) is 13.7 Å². The molecule has 0 saturated carbocycles. The van der Waals surface area contributed by atoms with Gasteiger partial charge in [0.05, 0.1) is 12.7 Å². The van der Waals surface area contributed by atoms with Crippen molar-refractivity contribution in [1.29, 1.82) is 0 Å². The van der Waals surface area contributed by atoms with Crippen molar-refractivity contribution < 1.29 is 72.1 Å². The molecule has 7 N–H and O–H groups in total. The number of hydrogen-bond donors (Lipinski definition) is 7. The summed E-state index contributed by atoms with van der Waals surface area (Å²) in [5.74, 6) is 0. The standard InChI is InChI=1S/C8H19NO16S3/c1-22-7(11)5(9-26(13,14)15)6(10)4(2-3-23-27(16,17)18)24-8(12)25-28(19,20)21/h4-12H,2-3H2,1H3,(H,13,14,15)(H,16,17,18)(H,19,20,21)/t4-,5-,6?,7+,8-/m0/s1. The second kappa shape index (κ2) is 11.0. The highest BCUT2D eigenvalue weighted by atomic mass is 32.3. The van der Waals surface area contributed by atoms with Crippen LogP contribution >= 0.6 is 0 Å². The van der Waals surface area contributed by atoms with Crippen LogP contribution in [0, 0.1) is 0 Å². The fourth-order valence-corrected chi connectivity index (χ4v) is 2.87. The van der Waals surface area contributed by atoms with E-state index in [-0.39, 0.29) is 0 Å². The quantitative estimate of drug-likeness (QED) is 0.0913. The number of aliphatic hydroxyl groups excluding tert-OH is 3. The number of rotatable bonds is 14. The molecule has 0 fully saturated rings. The van der Waals surface area contributed by atoms with Gasteiger partial charge in [0.25, 0.3) is 6.48 Å². The summed E-state index contributed by atoms with van der Waals surface area (Å²) in [6, 6.07) is -2.12. The fraction of sp³-hybridized carbons (Fsp3) is 1.00. The second-order valence-corrected chi connectivity index (χ2v) is 8.10. The molecular weight excluding hydrogens is 462 g/mol. The van der Waals surface area contributed by atoms with E-state index in [2.05, 4.69) is 17.8 Å². The molecule has 28 heavy (non-hydrogen) atoms. The molecule has 0 heterocycles. The number of ether oxygens (including phenoxy) is 2. The van der Waals surface area contributed by atoms with Crippen LogP contribution in [0.1, 0.15) is 6.42 Å². The Balaban J connectivity index is 5.55. The molecule has 1 unspecified atom stereocenters. The van der Waals surface area contributed by atoms with Crippen molar-refractivity contribution in [3.63, 3.8) is 0 Å². The normalized spacial score (nSPS) is 19.0. The van der Waals surface area contributed by atoms with Crippen molar-refractivity contribution in [3.05, 3.63) is 0 Å². The smallest absolute Gasteiger partial charge is 0.389 e. The first-order chi connectivity index (χ1) is 12.4. The van der Waals surface area contributed by atoms with Crippen LogP contribution in [0.4, 0.5) is 0 Å². The molecule has 0 bridgehead atoms. The van der Waals surface area contributed by atoms with Crippen LogP contribution in [0.25, 0.3) is 0 Å². The molecule has 0 aromatic rings. The van der Waals surface area contributed by atoms with E-state index < -0.39 is 75.1 Å². The van der Waals surface area contributed by atoms with Gasteiger partial charge in [0.2, 0.25) is 0 Å². The third-order valence-electron chi connectivity index (χ3n) is 2.71. The fourth-order valence-electron chi connectivity index (χ4n) is 1.71. The number of aliphatic hydroxyl groups is 3. The third-order valence-corrected chi connectivity index (χ3v) is 4.15. The predicted octanol–water partition coefficient (Wildman–Crippen LogP) is -4.24. The van der Waals surface area contributed by atoms with Crippen LogP contribution in [0.5, 0.6) is 0 Å². The van der Waals surface area contributed by atoms with Gasteiger partial charge < -0.3 is 24.8 Å². The van der Waals surface area contributed by atoms with Crippen LogP contribution in [0.3, 0.4) is 0 Å². The maximum absolute atomic E-state index is 10.9. The molecule has 5 atom stereocenters. The summed E-state index contributed by atoms with van der Waals surface area (Å²) in [7, 11) is -14.4. The lowest BCUT2D eigenvalue weighted by Gasteiger charge is -2.32. The maximum Gasteiger partial charge on any atom is 0.401 e. The summed E-state index contributed by atoms with van der Waals surface area (Å²) in [6.07, 6.45) is -7.25. The Hall–Kier alpha value is -0.590. The van der Waals surface area contributed by atoms with Gasteiger partial charge in [-0.25, -0.2) is 4.18 Å². The minimum absolute atomic E-state index is 0.813. The summed E-state index contributed by atoms with van der Waals surface area (Å²) >= 11 is 0. The van der Waals surface area contributed by atoms with E-state index in [1.54, 1.807) is 0 Å². The summed E-state index contributed by atoms with van der Waals surface area (Å²) in [4.78, 5) is 0. The zero-order valence-electron chi connectivity index (χ0n) is 13.8. The Bertz CT molecular complexity index is 777. The Morgan fingerprint density at radius 3 is 1.86 bits per heavy atom. The molecule has 0 aliphatic rings. The van der Waals surface area contributed by atoms with Crippen LogP contribution in [-0.4, -0.2) is 99.0 Å². The minimum atomic E-state index is -5.26. The largest absolute Gasteiger partial charge is 0.401 e. The van der Waals surface area contributed by atoms with E-state index in [0.717, 1.165) is 7.11 Å². The van der Waals surface area contributed by atoms with Crippen molar-refractivity contribution in [2.24, 2.45) is 0 Å². The highest BCUT2D eigenvalue weighted by molar-refractivity contribution is 7.83. The molecule has 0 aliphatic carbocycles. The minimum Gasteiger partial charge on any atom is -0.389 e. The summed E-state index contributed by atoms with van der Waals surface area (Å²) in [5.41, 5.74) is 0. The molecule has 20 heteroatoms. The average Bonchev–Trinajstić information content (AvgIpc) is 2.46. The molecule has 17 nitrogen and oxygen atoms in total. The first-order valence-corrected chi connectivity index (χ1v) is 10.9. The van der Waals surface area contributed by atoms with Crippen molar-refractivity contribution in [3.8, 4) is 0 Å². The number of hydrogen-bond acceptors (Lipinski definition) is 13. The van der Waals surface area contributed by atoms with E-state index in [9.17, 15) is 40.6 Å². The van der Waals surface area contributed by atoms with Crippen molar-refractivity contribution >= 4 is 31.1 Å². The van der Waals surface area contributed by atoms with Crippen LogP contribution < -0.4 is 4.72 Å². The van der Waals surface area contributed by atoms with Gasteiger partial charge in [0.15, 0.2) is 6.29 Å². The second-order valence-electron chi connectivity index (χ2n) is 4.78. The molecule has 0 saturated heterocycles. The van der Waals surface area contributed by atoms with Gasteiger partial charge in [0.1, 0.15) is 12.1 Å². The van der Waals surface area contributed by atoms with E-state index in [1.807, 2.05) is 0 Å². The van der Waals surface area contributed by atoms with Gasteiger partial charge >= 0.3 is 31.1 Å². The van der Waals surface area contributed by atoms with E-state index in [1.165, 1.54) is 4.72 Å². The lowest BCUT2D eigenvalue weighted by atomic mass is 10.0. The first-order valence-electron chi connectivity index (χ1n) is 6.70. The summed E-state index contributed by atoms with van der Waals surface area (Å²) in [5, 5.41) is 29.1. The summed E-state index contributed by atoms with van der Waals surface area (Å²) in [6.45, 7) is -3.77. The molecule has 0 aromatic heterocycles. The van der Waals surface area contributed by atoms with E-state index in [4.69, 9.17) is 13.7 Å². The first kappa shape index (κ1) is 27.4. The molecule has 0 spiro atoms. The van der Waals surface area contributed by atoms with Gasteiger partial charge in [-0.15, -0.1) is 0 Å². The third kappa shape index (κ3) is 12.8. The molecule has 0 amide bonds. The van der Waals surface area contributed by atoms with Crippen LogP contribution in [0.15, 0.2) is 0 Å². The highest BCUT2D eigenvalue weighted by Crippen LogP contribution is 2.16. The molecule has 0 rings (SSSR count). The van der Waals surface area contributed by atoms with E-state index >= 15 is 0 Å². The van der Waals surface area contributed by atoms with Gasteiger partial charge in [-0.1, -0.05) is 0 Å². The lowest BCUT2D eigenvalue weighted by molar-refractivity contribution is -0.263. The predicted molar refractivity (Wildman–Crippen MR) is 83.1 cm³/mol. The molecule has 170 valence electrons. The Labute approximate surface area is 159 Å². The molecule has 0 aromatic carbocycles. The zero-order valence-corrected chi connectivity index (χ0v) is 16.2. The van der Waals surface area contributed by atoms with Gasteiger partial charge in [-0.2, -0.15) is 34.2 Å². The summed E-state index contributed by atoms with van der Waals surface area (Å²) < 4.78 is 107. The van der Waals surface area contributed by atoms with Crippen molar-refractivity contribution in [2.45, 2.75) is 37.4 Å². The van der Waals surface area contributed by atoms with Crippen LogP contribution in [0.2, 0.25) is 0 Å². The molecule has 0 aliphatic heterocycles. The number of nitrogens with one attached hydrogen (secondary N) is 1. The SMILES string of the molecule is CO[C@@H](O)[C@@H](NS(=O)(=O)O)C(O)[C@H](CCOS(=O)(=O)O)O[C@H](O)OS(=O)(=O)O. The average molecular weight is 481 g/mol.